The molecule has 2 atom stereocenters. The summed E-state index contributed by atoms with van der Waals surface area (Å²) in [5, 5.41) is 8.67. The molecule has 2 rings (SSSR count). The zero-order valence-corrected chi connectivity index (χ0v) is 8.38. The minimum Gasteiger partial charge on any atom is -0.478 e. The molecule has 80 valence electrons. The molecule has 1 aliphatic rings. The van der Waals surface area contributed by atoms with Crippen LogP contribution in [0.1, 0.15) is 42.1 Å². The third kappa shape index (κ3) is 2.12. The highest BCUT2D eigenvalue weighted by molar-refractivity contribution is 5.86. The summed E-state index contributed by atoms with van der Waals surface area (Å²) < 4.78 is 5.58. The molecular formula is C10H12N2O3. The lowest BCUT2D eigenvalue weighted by molar-refractivity contribution is 0.0500. The van der Waals surface area contributed by atoms with E-state index in [9.17, 15) is 4.79 Å². The van der Waals surface area contributed by atoms with Crippen LogP contribution in [0.2, 0.25) is 0 Å². The average Bonchev–Trinajstić information content (AvgIpc) is 2.65. The molecule has 0 spiro atoms. The number of hydrogen-bond acceptors (Lipinski definition) is 4. The fourth-order valence-corrected chi connectivity index (χ4v) is 1.61. The Bertz CT molecular complexity index is 363. The quantitative estimate of drug-likeness (QED) is 0.795. The van der Waals surface area contributed by atoms with Crippen molar-refractivity contribution in [2.24, 2.45) is 0 Å². The van der Waals surface area contributed by atoms with Crippen molar-refractivity contribution in [1.82, 2.24) is 9.97 Å². The third-order valence-corrected chi connectivity index (χ3v) is 2.44. The molecule has 1 fully saturated rings. The first-order chi connectivity index (χ1) is 7.16. The molecule has 0 radical (unpaired) electrons. The van der Waals surface area contributed by atoms with Gasteiger partial charge in [0.1, 0.15) is 6.10 Å². The van der Waals surface area contributed by atoms with Crippen LogP contribution in [0.5, 0.6) is 0 Å². The molecule has 0 saturated carbocycles. The molecule has 1 aromatic heterocycles. The van der Waals surface area contributed by atoms with Crippen molar-refractivity contribution in [2.45, 2.75) is 32.0 Å². The Hall–Kier alpha value is -1.49. The van der Waals surface area contributed by atoms with E-state index in [-0.39, 0.29) is 17.8 Å². The van der Waals surface area contributed by atoms with E-state index in [2.05, 4.69) is 9.97 Å². The molecule has 5 heteroatoms. The number of rotatable bonds is 2. The molecule has 0 amide bonds. The van der Waals surface area contributed by atoms with Gasteiger partial charge in [0.15, 0.2) is 5.82 Å². The molecule has 5 nitrogen and oxygen atoms in total. The Kier molecular flexibility index (Phi) is 2.64. The van der Waals surface area contributed by atoms with E-state index >= 15 is 0 Å². The molecule has 0 aromatic carbocycles. The SMILES string of the molecule is CC1CCC(c2ncc(C(=O)O)cn2)O1. The summed E-state index contributed by atoms with van der Waals surface area (Å²) >= 11 is 0. The lowest BCUT2D eigenvalue weighted by Crippen LogP contribution is -2.07. The van der Waals surface area contributed by atoms with Crippen LogP contribution in [-0.4, -0.2) is 27.1 Å². The standard InChI is InChI=1S/C10H12N2O3/c1-6-2-3-8(15-6)9-11-4-7(5-12-9)10(13)14/h4-6,8H,2-3H2,1H3,(H,13,14). The van der Waals surface area contributed by atoms with Gasteiger partial charge in [-0.25, -0.2) is 14.8 Å². The van der Waals surface area contributed by atoms with Gasteiger partial charge in [0.05, 0.1) is 11.7 Å². The van der Waals surface area contributed by atoms with Crippen LogP contribution in [0.3, 0.4) is 0 Å². The summed E-state index contributed by atoms with van der Waals surface area (Å²) in [6.07, 6.45) is 4.68. The van der Waals surface area contributed by atoms with Crippen molar-refractivity contribution in [2.75, 3.05) is 0 Å². The topological polar surface area (TPSA) is 72.3 Å². The lowest BCUT2D eigenvalue weighted by atomic mass is 10.2. The number of hydrogen-bond donors (Lipinski definition) is 1. The number of carboxylic acids is 1. The monoisotopic (exact) mass is 208 g/mol. The third-order valence-electron chi connectivity index (χ3n) is 2.44. The zero-order valence-electron chi connectivity index (χ0n) is 8.38. The molecule has 2 unspecified atom stereocenters. The zero-order chi connectivity index (χ0) is 10.8. The van der Waals surface area contributed by atoms with Gasteiger partial charge in [-0.3, -0.25) is 0 Å². The summed E-state index contributed by atoms with van der Waals surface area (Å²) in [7, 11) is 0. The van der Waals surface area contributed by atoms with Crippen molar-refractivity contribution >= 4 is 5.97 Å². The predicted molar refractivity (Wildman–Crippen MR) is 51.5 cm³/mol. The number of carbonyl (C=O) groups is 1. The molecule has 0 aliphatic carbocycles. The predicted octanol–water partition coefficient (Wildman–Crippen LogP) is 1.41. The summed E-state index contributed by atoms with van der Waals surface area (Å²) in [5.41, 5.74) is 0.102. The smallest absolute Gasteiger partial charge is 0.338 e. The number of ether oxygens (including phenoxy) is 1. The second-order valence-electron chi connectivity index (χ2n) is 3.65. The molecule has 1 aromatic rings. The summed E-state index contributed by atoms with van der Waals surface area (Å²) in [5.74, 6) is -0.438. The maximum Gasteiger partial charge on any atom is 0.338 e. The highest BCUT2D eigenvalue weighted by atomic mass is 16.5. The Morgan fingerprint density at radius 1 is 1.47 bits per heavy atom. The first kappa shape index (κ1) is 10.0. The van der Waals surface area contributed by atoms with Crippen LogP contribution < -0.4 is 0 Å². The number of aromatic carboxylic acids is 1. The van der Waals surface area contributed by atoms with E-state index in [1.807, 2.05) is 6.92 Å². The highest BCUT2D eigenvalue weighted by Gasteiger charge is 2.25. The summed E-state index contributed by atoms with van der Waals surface area (Å²) in [6.45, 7) is 2.01. The first-order valence-corrected chi connectivity index (χ1v) is 4.87. The maximum atomic E-state index is 10.6. The number of aromatic nitrogens is 2. The Morgan fingerprint density at radius 3 is 2.60 bits per heavy atom. The van der Waals surface area contributed by atoms with Gasteiger partial charge in [-0.2, -0.15) is 0 Å². The van der Waals surface area contributed by atoms with E-state index < -0.39 is 5.97 Å². The van der Waals surface area contributed by atoms with Crippen LogP contribution in [0.4, 0.5) is 0 Å². The van der Waals surface area contributed by atoms with Gasteiger partial charge in [-0.05, 0) is 19.8 Å². The van der Waals surface area contributed by atoms with Crippen LogP contribution in [0, 0.1) is 0 Å². The van der Waals surface area contributed by atoms with Crippen molar-refractivity contribution in [3.8, 4) is 0 Å². The van der Waals surface area contributed by atoms with Gasteiger partial charge in [0, 0.05) is 12.4 Å². The molecule has 1 N–H and O–H groups in total. The van der Waals surface area contributed by atoms with Gasteiger partial charge >= 0.3 is 5.97 Å². The largest absolute Gasteiger partial charge is 0.478 e. The molecule has 0 bridgehead atoms. The van der Waals surface area contributed by atoms with E-state index in [0.717, 1.165) is 12.8 Å². The Morgan fingerprint density at radius 2 is 2.13 bits per heavy atom. The summed E-state index contributed by atoms with van der Waals surface area (Å²) in [6, 6.07) is 0. The van der Waals surface area contributed by atoms with Crippen molar-refractivity contribution in [3.05, 3.63) is 23.8 Å². The second kappa shape index (κ2) is 3.94. The normalized spacial score (nSPS) is 25.4. The molecule has 15 heavy (non-hydrogen) atoms. The Labute approximate surface area is 87.1 Å². The van der Waals surface area contributed by atoms with Gasteiger partial charge in [0.2, 0.25) is 0 Å². The molecule has 2 heterocycles. The minimum atomic E-state index is -1.01. The van der Waals surface area contributed by atoms with E-state index in [0.29, 0.717) is 5.82 Å². The molecule has 1 saturated heterocycles. The number of carboxylic acid groups (broad SMARTS) is 1. The average molecular weight is 208 g/mol. The van der Waals surface area contributed by atoms with Crippen LogP contribution in [0.15, 0.2) is 12.4 Å². The minimum absolute atomic E-state index is 0.0807. The van der Waals surface area contributed by atoms with Gasteiger partial charge in [0.25, 0.3) is 0 Å². The van der Waals surface area contributed by atoms with Crippen LogP contribution in [-0.2, 0) is 4.74 Å². The van der Waals surface area contributed by atoms with E-state index in [1.165, 1.54) is 12.4 Å². The van der Waals surface area contributed by atoms with Crippen LogP contribution in [0.25, 0.3) is 0 Å². The van der Waals surface area contributed by atoms with Crippen molar-refractivity contribution in [1.29, 1.82) is 0 Å². The second-order valence-corrected chi connectivity index (χ2v) is 3.65. The fraction of sp³-hybridized carbons (Fsp3) is 0.500. The summed E-state index contributed by atoms with van der Waals surface area (Å²) in [4.78, 5) is 18.6. The highest BCUT2D eigenvalue weighted by Crippen LogP contribution is 2.29. The van der Waals surface area contributed by atoms with Crippen LogP contribution >= 0.6 is 0 Å². The van der Waals surface area contributed by atoms with Crippen molar-refractivity contribution in [3.63, 3.8) is 0 Å². The fourth-order valence-electron chi connectivity index (χ4n) is 1.61. The van der Waals surface area contributed by atoms with E-state index in [4.69, 9.17) is 9.84 Å². The van der Waals surface area contributed by atoms with E-state index in [1.54, 1.807) is 0 Å². The molecule has 1 aliphatic heterocycles. The van der Waals surface area contributed by atoms with Gasteiger partial charge < -0.3 is 9.84 Å². The maximum absolute atomic E-state index is 10.6. The number of nitrogens with zero attached hydrogens (tertiary/aromatic N) is 2. The first-order valence-electron chi connectivity index (χ1n) is 4.87. The Balaban J connectivity index is 2.13. The van der Waals surface area contributed by atoms with Crippen molar-refractivity contribution < 1.29 is 14.6 Å². The molecular weight excluding hydrogens is 196 g/mol. The lowest BCUT2D eigenvalue weighted by Gasteiger charge is -2.08. The van der Waals surface area contributed by atoms with Gasteiger partial charge in [-0.15, -0.1) is 0 Å². The van der Waals surface area contributed by atoms with Gasteiger partial charge in [-0.1, -0.05) is 0 Å².